The van der Waals surface area contributed by atoms with Crippen LogP contribution in [0.5, 0.6) is 5.75 Å². The first-order valence-electron chi connectivity index (χ1n) is 32.6. The number of sulfone groups is 1. The number of ether oxygens (including phenoxy) is 4. The summed E-state index contributed by atoms with van der Waals surface area (Å²) >= 11 is 1.40. The number of anilines is 3. The Morgan fingerprint density at radius 2 is 1.61 bits per heavy atom. The molecule has 4 saturated carbocycles. The van der Waals surface area contributed by atoms with Crippen molar-refractivity contribution in [3.8, 4) is 16.9 Å². The van der Waals surface area contributed by atoms with Crippen LogP contribution in [-0.4, -0.2) is 170 Å². The number of benzene rings is 3. The zero-order valence-corrected chi connectivity index (χ0v) is 56.3. The minimum Gasteiger partial charge on any atom is -0.479 e. The number of carboxylic acid groups (broad SMARTS) is 2. The van der Waals surface area contributed by atoms with Crippen LogP contribution >= 0.6 is 11.3 Å². The maximum atomic E-state index is 13.8. The molecule has 6 aliphatic rings. The number of amides is 4. The van der Waals surface area contributed by atoms with Crippen molar-refractivity contribution in [2.45, 2.75) is 160 Å². The molecule has 4 aliphatic carbocycles. The molecule has 6 aromatic rings. The third-order valence-corrected chi connectivity index (χ3v) is 21.7. The van der Waals surface area contributed by atoms with Crippen LogP contribution in [0.1, 0.15) is 134 Å². The molecule has 5 fully saturated rings. The molecule has 1 saturated heterocycles. The van der Waals surface area contributed by atoms with E-state index in [4.69, 9.17) is 29.0 Å². The van der Waals surface area contributed by atoms with Crippen molar-refractivity contribution < 1.29 is 81.7 Å². The van der Waals surface area contributed by atoms with E-state index in [2.05, 4.69) is 41.4 Å². The van der Waals surface area contributed by atoms with Gasteiger partial charge < -0.3 is 64.9 Å². The van der Waals surface area contributed by atoms with Crippen LogP contribution in [-0.2, 0) is 64.5 Å². The molecule has 0 radical (unpaired) electrons. The maximum absolute atomic E-state index is 13.8. The number of carboxylic acids is 2. The second-order valence-electron chi connectivity index (χ2n) is 27.4. The highest BCUT2D eigenvalue weighted by molar-refractivity contribution is 7.94. The molecule has 7 atom stereocenters. The minimum absolute atomic E-state index is 0.0171. The number of aliphatic carboxylic acids is 1. The van der Waals surface area contributed by atoms with Crippen molar-refractivity contribution in [2.75, 3.05) is 54.6 Å². The van der Waals surface area contributed by atoms with Gasteiger partial charge in [0.05, 0.1) is 40.1 Å². The number of hydrogen-bond acceptors (Lipinski definition) is 20. The molecular weight excluding hydrogens is 1290 g/mol. The maximum Gasteiger partial charge on any atom is 0.409 e. The third-order valence-electron chi connectivity index (χ3n) is 19.4. The molecule has 3 aromatic carbocycles. The number of para-hydroxylation sites is 1. The highest BCUT2D eigenvalue weighted by Gasteiger charge is 2.66. The van der Waals surface area contributed by atoms with Gasteiger partial charge in [-0.25, -0.2) is 32.8 Å². The topological polar surface area (TPSA) is 361 Å². The van der Waals surface area contributed by atoms with Gasteiger partial charge in [0, 0.05) is 80.4 Å². The van der Waals surface area contributed by atoms with Gasteiger partial charge in [-0.3, -0.25) is 24.4 Å². The summed E-state index contributed by atoms with van der Waals surface area (Å²) in [6, 6.07) is 21.3. The quantitative estimate of drug-likeness (QED) is 0.0216. The molecule has 8 N–H and O–H groups in total. The minimum atomic E-state index is -3.30. The van der Waals surface area contributed by atoms with E-state index in [0.29, 0.717) is 84.9 Å². The zero-order valence-electron chi connectivity index (χ0n) is 54.7. The molecule has 0 spiro atoms. The number of aliphatic hydroxyl groups is 3. The number of nitrogens with zero attached hydrogens (tertiary/aromatic N) is 6. The van der Waals surface area contributed by atoms with E-state index in [0.717, 1.165) is 71.0 Å². The lowest BCUT2D eigenvalue weighted by Gasteiger charge is -2.69. The third kappa shape index (κ3) is 16.0. The average molecular weight is 1370 g/mol. The number of nitrogens with one attached hydrogen (secondary N) is 3. The Bertz CT molecular complexity index is 4070. The molecule has 2 aliphatic heterocycles. The fraction of sp³-hybridized carbons (Fsp3) is 0.493. The van der Waals surface area contributed by atoms with Crippen molar-refractivity contribution in [1.29, 1.82) is 0 Å². The zero-order chi connectivity index (χ0) is 69.2. The molecule has 4 amide bonds. The van der Waals surface area contributed by atoms with Gasteiger partial charge in [-0.1, -0.05) is 74.9 Å². The second kappa shape index (κ2) is 28.6. The van der Waals surface area contributed by atoms with Gasteiger partial charge in [0.25, 0.3) is 5.91 Å². The Balaban J connectivity index is 0.707. The highest BCUT2D eigenvalue weighted by Crippen LogP contribution is 2.72. The van der Waals surface area contributed by atoms with E-state index in [1.807, 2.05) is 59.0 Å². The Kier molecular flexibility index (Phi) is 20.6. The highest BCUT2D eigenvalue weighted by atomic mass is 32.2. The van der Waals surface area contributed by atoms with Crippen molar-refractivity contribution >= 4 is 83.8 Å². The van der Waals surface area contributed by atoms with Gasteiger partial charge in [0.2, 0.25) is 18.1 Å². The van der Waals surface area contributed by atoms with Crippen LogP contribution in [0.4, 0.5) is 21.4 Å². The van der Waals surface area contributed by atoms with E-state index in [9.17, 15) is 62.7 Å². The number of fused-ring (bicyclic) bond motifs is 2. The summed E-state index contributed by atoms with van der Waals surface area (Å²) in [5.74, 6) is -3.67. The summed E-state index contributed by atoms with van der Waals surface area (Å²) in [4.78, 5) is 91.2. The summed E-state index contributed by atoms with van der Waals surface area (Å²) in [6.45, 7) is 11.5. The molecule has 3 aromatic heterocycles. The molecular formula is C69H83N9O17S2. The number of hydrogen-bond donors (Lipinski definition) is 8. The summed E-state index contributed by atoms with van der Waals surface area (Å²) < 4.78 is 50.1. The summed E-state index contributed by atoms with van der Waals surface area (Å²) in [5, 5.41) is 66.5. The first-order chi connectivity index (χ1) is 46.1. The molecule has 26 nitrogen and oxygen atoms in total. The van der Waals surface area contributed by atoms with Gasteiger partial charge in [-0.05, 0) is 140 Å². The van der Waals surface area contributed by atoms with Crippen molar-refractivity contribution in [1.82, 2.24) is 30.0 Å². The van der Waals surface area contributed by atoms with Crippen LogP contribution in [0.15, 0.2) is 91.0 Å². The monoisotopic (exact) mass is 1370 g/mol. The molecule has 12 rings (SSSR count). The van der Waals surface area contributed by atoms with Gasteiger partial charge in [0.1, 0.15) is 36.5 Å². The number of pyridine rings is 1. The molecule has 97 heavy (non-hydrogen) atoms. The lowest BCUT2D eigenvalue weighted by molar-refractivity contribution is -0.271. The number of carbonyl (C=O) groups excluding carboxylic acids is 4. The first-order valence-corrected chi connectivity index (χ1v) is 35.1. The number of aliphatic hydroxyl groups excluding tert-OH is 3. The first kappa shape index (κ1) is 70.0. The van der Waals surface area contributed by atoms with Crippen LogP contribution in [0.25, 0.3) is 21.3 Å². The normalized spacial score (nSPS) is 24.9. The van der Waals surface area contributed by atoms with Crippen LogP contribution < -0.4 is 25.6 Å². The standard InChI is InChI=1S/C69H83N9O17S2/c1-6-97(90,91)29-12-8-7-9-18-53(79)70-25-23-54(80)72-49-30-42(19-21-50(49)94-63-58(83)56(81)57(82)59(95-63)62(87)88)33-92-65(89)76(5)27-28-93-69-37-66(3)34-67(4,38-69)36-68(35-66,39-69)40-78-41(2)46(31-71-78)44-20-22-52(74-55(44)61(85)86)77-26-24-43-14-13-15-45(47(43)32-77)60(84)75-64-73-48-16-10-11-17-51(48)96-64/h6,10-11,13-17,19-22,30-31,56-59,63,81-83H,1,7-9,12,18,23-29,32-40H2,2-5H3,(H,70,79)(H,72,80)(H,85,86)(H,87,88)(H,73,75,84)/t56-,57-,58+,59-,63?,66?,67?,68?,69?/m0/s1. The van der Waals surface area contributed by atoms with Crippen molar-refractivity contribution in [2.24, 2.45) is 16.2 Å². The van der Waals surface area contributed by atoms with Crippen LogP contribution in [0, 0.1) is 23.2 Å². The second-order valence-corrected chi connectivity index (χ2v) is 30.5. The lowest BCUT2D eigenvalue weighted by Crippen LogP contribution is -2.64. The average Bonchev–Trinajstić information content (AvgIpc) is 0.982. The van der Waals surface area contributed by atoms with E-state index < -0.39 is 70.1 Å². The predicted molar refractivity (Wildman–Crippen MR) is 358 cm³/mol. The lowest BCUT2D eigenvalue weighted by atomic mass is 9.39. The Hall–Kier alpha value is -8.38. The van der Waals surface area contributed by atoms with Crippen LogP contribution in [0.3, 0.4) is 0 Å². The summed E-state index contributed by atoms with van der Waals surface area (Å²) in [5.41, 5.74) is 4.57. The number of thiazole rings is 1. The SMILES string of the molecule is C=CS(=O)(=O)CCCCCCC(=O)NCCC(=O)Nc1cc(COC(=O)N(C)CCOC23CC4(C)CC(C)(CC(Cn5ncc(-c6ccc(N7CCc8cccc(C(=O)Nc9nc%10ccccc%10s9)c8C7)nc6C(=O)O)c5C)(C4)C2)C3)ccc1OC1O[C@H](C(=O)O)[C@@H](O)[C@H](O)[C@H]1O. The van der Waals surface area contributed by atoms with Gasteiger partial charge in [-0.15, -0.1) is 0 Å². The van der Waals surface area contributed by atoms with Gasteiger partial charge in [-0.2, -0.15) is 5.10 Å². The Morgan fingerprint density at radius 1 is 0.845 bits per heavy atom. The van der Waals surface area contributed by atoms with E-state index in [1.54, 1.807) is 25.4 Å². The number of unbranched alkanes of at least 4 members (excludes halogenated alkanes) is 3. The van der Waals surface area contributed by atoms with E-state index in [-0.39, 0.29) is 90.1 Å². The fourth-order valence-corrected chi connectivity index (χ4v) is 17.6. The smallest absolute Gasteiger partial charge is 0.409 e. The molecule has 5 heterocycles. The Morgan fingerprint density at radius 3 is 2.35 bits per heavy atom. The van der Waals surface area contributed by atoms with E-state index >= 15 is 0 Å². The van der Waals surface area contributed by atoms with Crippen molar-refractivity contribution in [3.63, 3.8) is 0 Å². The fourth-order valence-electron chi connectivity index (χ4n) is 16.0. The number of rotatable bonds is 28. The molecule has 28 heteroatoms. The van der Waals surface area contributed by atoms with Gasteiger partial charge in [0.15, 0.2) is 26.8 Å². The number of likely N-dealkylation sites (N-methyl/N-ethyl adjacent to an activating group) is 1. The largest absolute Gasteiger partial charge is 0.479 e. The number of aromatic nitrogens is 4. The van der Waals surface area contributed by atoms with E-state index in [1.165, 1.54) is 34.4 Å². The molecule has 518 valence electrons. The summed E-state index contributed by atoms with van der Waals surface area (Å²) in [7, 11) is -1.70. The Labute approximate surface area is 565 Å². The number of aromatic carboxylic acids is 1. The molecule has 3 unspecified atom stereocenters. The number of carbonyl (C=O) groups is 6. The summed E-state index contributed by atoms with van der Waals surface area (Å²) in [6.07, 6.45) is -0.490. The predicted octanol–water partition coefficient (Wildman–Crippen LogP) is 8.01. The van der Waals surface area contributed by atoms with Crippen LogP contribution in [0.2, 0.25) is 0 Å². The van der Waals surface area contributed by atoms with Gasteiger partial charge >= 0.3 is 18.0 Å². The van der Waals surface area contributed by atoms with Crippen molar-refractivity contribution in [3.05, 3.63) is 125 Å². The molecule has 4 bridgehead atoms.